The molecule has 0 atom stereocenters. The van der Waals surface area contributed by atoms with Crippen LogP contribution in [-0.2, 0) is 19.6 Å². The Hall–Kier alpha value is -0.860. The van der Waals surface area contributed by atoms with Gasteiger partial charge in [0, 0.05) is 24.7 Å². The molecule has 142 valence electrons. The molecule has 0 aliphatic rings. The van der Waals surface area contributed by atoms with E-state index in [-0.39, 0.29) is 40.0 Å². The SMILES string of the molecule is CCN(CC(=O)NCCCOC(C)C)S(=O)(=O)c1cc(Cl)ccc1Cl. The first-order valence-electron chi connectivity index (χ1n) is 8.02. The molecule has 0 spiro atoms. The Morgan fingerprint density at radius 2 is 2.00 bits per heavy atom. The topological polar surface area (TPSA) is 75.7 Å². The maximum Gasteiger partial charge on any atom is 0.245 e. The minimum Gasteiger partial charge on any atom is -0.379 e. The van der Waals surface area contributed by atoms with Crippen LogP contribution in [0, 0.1) is 0 Å². The molecule has 0 heterocycles. The summed E-state index contributed by atoms with van der Waals surface area (Å²) in [6.45, 7) is 6.32. The van der Waals surface area contributed by atoms with Gasteiger partial charge in [-0.15, -0.1) is 0 Å². The van der Waals surface area contributed by atoms with E-state index in [4.69, 9.17) is 27.9 Å². The van der Waals surface area contributed by atoms with Crippen molar-refractivity contribution in [2.75, 3.05) is 26.2 Å². The highest BCUT2D eigenvalue weighted by Crippen LogP contribution is 2.27. The molecule has 6 nitrogen and oxygen atoms in total. The van der Waals surface area contributed by atoms with Gasteiger partial charge >= 0.3 is 0 Å². The van der Waals surface area contributed by atoms with Gasteiger partial charge in [-0.1, -0.05) is 30.1 Å². The largest absolute Gasteiger partial charge is 0.379 e. The molecule has 25 heavy (non-hydrogen) atoms. The second kappa shape index (κ2) is 10.3. The maximum absolute atomic E-state index is 12.7. The van der Waals surface area contributed by atoms with E-state index in [2.05, 4.69) is 5.32 Å². The first kappa shape index (κ1) is 22.2. The quantitative estimate of drug-likeness (QED) is 0.601. The van der Waals surface area contributed by atoms with Crippen LogP contribution in [0.1, 0.15) is 27.2 Å². The van der Waals surface area contributed by atoms with E-state index in [0.29, 0.717) is 19.6 Å². The third-order valence-corrected chi connectivity index (χ3v) is 5.92. The van der Waals surface area contributed by atoms with Crippen molar-refractivity contribution < 1.29 is 17.9 Å². The second-order valence-corrected chi connectivity index (χ2v) is 8.38. The minimum absolute atomic E-state index is 0.0640. The second-order valence-electron chi connectivity index (χ2n) is 5.63. The summed E-state index contributed by atoms with van der Waals surface area (Å²) in [5.41, 5.74) is 0. The van der Waals surface area contributed by atoms with Crippen LogP contribution >= 0.6 is 23.2 Å². The zero-order valence-corrected chi connectivity index (χ0v) is 16.9. The summed E-state index contributed by atoms with van der Waals surface area (Å²) in [5, 5.41) is 3.01. The molecule has 1 N–H and O–H groups in total. The number of ether oxygens (including phenoxy) is 1. The first-order chi connectivity index (χ1) is 11.7. The highest BCUT2D eigenvalue weighted by molar-refractivity contribution is 7.89. The zero-order chi connectivity index (χ0) is 19.0. The van der Waals surface area contributed by atoms with E-state index in [1.807, 2.05) is 13.8 Å². The van der Waals surface area contributed by atoms with Gasteiger partial charge in [0.2, 0.25) is 15.9 Å². The molecule has 0 radical (unpaired) electrons. The lowest BCUT2D eigenvalue weighted by molar-refractivity contribution is -0.121. The average Bonchev–Trinajstić information content (AvgIpc) is 2.53. The molecule has 0 unspecified atom stereocenters. The number of rotatable bonds is 10. The van der Waals surface area contributed by atoms with Crippen molar-refractivity contribution in [3.05, 3.63) is 28.2 Å². The number of carbonyl (C=O) groups is 1. The van der Waals surface area contributed by atoms with Gasteiger partial charge in [0.1, 0.15) is 4.90 Å². The van der Waals surface area contributed by atoms with Gasteiger partial charge in [-0.25, -0.2) is 8.42 Å². The van der Waals surface area contributed by atoms with E-state index in [1.165, 1.54) is 18.2 Å². The summed E-state index contributed by atoms with van der Waals surface area (Å²) < 4.78 is 31.8. The lowest BCUT2D eigenvalue weighted by Crippen LogP contribution is -2.41. The lowest BCUT2D eigenvalue weighted by Gasteiger charge is -2.21. The number of nitrogens with one attached hydrogen (secondary N) is 1. The molecule has 0 saturated carbocycles. The summed E-state index contributed by atoms with van der Waals surface area (Å²) in [6, 6.07) is 4.20. The zero-order valence-electron chi connectivity index (χ0n) is 14.6. The molecule has 0 saturated heterocycles. The third-order valence-electron chi connectivity index (χ3n) is 3.28. The van der Waals surface area contributed by atoms with Crippen LogP contribution in [0.25, 0.3) is 0 Å². The van der Waals surface area contributed by atoms with Gasteiger partial charge in [0.25, 0.3) is 0 Å². The van der Waals surface area contributed by atoms with Crippen molar-refractivity contribution in [1.82, 2.24) is 9.62 Å². The molecular formula is C16H24Cl2N2O4S. The molecule has 0 aliphatic heterocycles. The smallest absolute Gasteiger partial charge is 0.245 e. The molecular weight excluding hydrogens is 387 g/mol. The van der Waals surface area contributed by atoms with E-state index in [1.54, 1.807) is 6.92 Å². The molecule has 1 aromatic rings. The van der Waals surface area contributed by atoms with Crippen molar-refractivity contribution in [1.29, 1.82) is 0 Å². The number of hydrogen-bond donors (Lipinski definition) is 1. The molecule has 9 heteroatoms. The molecule has 0 bridgehead atoms. The lowest BCUT2D eigenvalue weighted by atomic mass is 10.4. The average molecular weight is 411 g/mol. The number of benzene rings is 1. The van der Waals surface area contributed by atoms with Gasteiger partial charge in [0.05, 0.1) is 17.7 Å². The molecule has 1 aromatic carbocycles. The number of nitrogens with zero attached hydrogens (tertiary/aromatic N) is 1. The molecule has 0 aromatic heterocycles. The normalized spacial score (nSPS) is 12.0. The standard InChI is InChI=1S/C16H24Cl2N2O4S/c1-4-20(11-16(21)19-8-5-9-24-12(2)3)25(22,23)15-10-13(17)6-7-14(15)18/h6-7,10,12H,4-5,8-9,11H2,1-3H3,(H,19,21). The number of amides is 1. The summed E-state index contributed by atoms with van der Waals surface area (Å²) in [4.78, 5) is 11.9. The fourth-order valence-corrected chi connectivity index (χ4v) is 4.16. The van der Waals surface area contributed by atoms with E-state index < -0.39 is 10.0 Å². The van der Waals surface area contributed by atoms with E-state index in [0.717, 1.165) is 4.31 Å². The van der Waals surface area contributed by atoms with Crippen LogP contribution in [0.2, 0.25) is 10.0 Å². The predicted molar refractivity (Wildman–Crippen MR) is 99.6 cm³/mol. The first-order valence-corrected chi connectivity index (χ1v) is 10.2. The Morgan fingerprint density at radius 1 is 1.32 bits per heavy atom. The van der Waals surface area contributed by atoms with Crippen LogP contribution in [0.3, 0.4) is 0 Å². The summed E-state index contributed by atoms with van der Waals surface area (Å²) in [5.74, 6) is -0.381. The highest BCUT2D eigenvalue weighted by atomic mass is 35.5. The Morgan fingerprint density at radius 3 is 2.60 bits per heavy atom. The van der Waals surface area contributed by atoms with E-state index in [9.17, 15) is 13.2 Å². The molecule has 1 amide bonds. The Kier molecular flexibility index (Phi) is 9.16. The Labute approximate surface area is 159 Å². The highest BCUT2D eigenvalue weighted by Gasteiger charge is 2.27. The Bertz CT molecular complexity index is 681. The van der Waals surface area contributed by atoms with Gasteiger partial charge in [-0.05, 0) is 38.5 Å². The number of hydrogen-bond acceptors (Lipinski definition) is 4. The van der Waals surface area contributed by atoms with Crippen molar-refractivity contribution in [2.24, 2.45) is 0 Å². The van der Waals surface area contributed by atoms with Crippen LogP contribution in [0.15, 0.2) is 23.1 Å². The van der Waals surface area contributed by atoms with Crippen LogP contribution in [-0.4, -0.2) is 51.0 Å². The van der Waals surface area contributed by atoms with Gasteiger partial charge in [-0.3, -0.25) is 4.79 Å². The maximum atomic E-state index is 12.7. The number of halogens is 2. The van der Waals surface area contributed by atoms with Crippen molar-refractivity contribution in [3.8, 4) is 0 Å². The minimum atomic E-state index is -3.91. The number of likely N-dealkylation sites (N-methyl/N-ethyl adjacent to an activating group) is 1. The van der Waals surface area contributed by atoms with E-state index >= 15 is 0 Å². The Balaban J connectivity index is 2.68. The fraction of sp³-hybridized carbons (Fsp3) is 0.562. The van der Waals surface area contributed by atoms with Crippen molar-refractivity contribution in [2.45, 2.75) is 38.2 Å². The molecule has 1 rings (SSSR count). The third kappa shape index (κ3) is 7.11. The van der Waals surface area contributed by atoms with Crippen molar-refractivity contribution >= 4 is 39.1 Å². The molecule has 0 aliphatic carbocycles. The van der Waals surface area contributed by atoms with Gasteiger partial charge in [-0.2, -0.15) is 4.31 Å². The van der Waals surface area contributed by atoms with Gasteiger partial charge < -0.3 is 10.1 Å². The van der Waals surface area contributed by atoms with Crippen LogP contribution in [0.5, 0.6) is 0 Å². The monoisotopic (exact) mass is 410 g/mol. The summed E-state index contributed by atoms with van der Waals surface area (Å²) >= 11 is 11.8. The van der Waals surface area contributed by atoms with Crippen molar-refractivity contribution in [3.63, 3.8) is 0 Å². The summed E-state index contributed by atoms with van der Waals surface area (Å²) in [6.07, 6.45) is 0.794. The van der Waals surface area contributed by atoms with Crippen LogP contribution in [0.4, 0.5) is 0 Å². The van der Waals surface area contributed by atoms with Gasteiger partial charge in [0.15, 0.2) is 0 Å². The fourth-order valence-electron chi connectivity index (χ4n) is 2.02. The molecule has 0 fully saturated rings. The predicted octanol–water partition coefficient (Wildman–Crippen LogP) is 2.94. The number of carbonyl (C=O) groups excluding carboxylic acids is 1. The number of sulfonamides is 1. The van der Waals surface area contributed by atoms with Crippen LogP contribution < -0.4 is 5.32 Å². The summed E-state index contributed by atoms with van der Waals surface area (Å²) in [7, 11) is -3.91.